The number of halogens is 1. The zero-order valence-electron chi connectivity index (χ0n) is 11.3. The van der Waals surface area contributed by atoms with Gasteiger partial charge in [-0.25, -0.2) is 9.37 Å². The highest BCUT2D eigenvalue weighted by molar-refractivity contribution is 6.03. The molecule has 1 heterocycles. The number of nitrogens with one attached hydrogen (secondary N) is 1. The largest absolute Gasteiger partial charge is 0.307 e. The van der Waals surface area contributed by atoms with Crippen molar-refractivity contribution in [2.45, 2.75) is 20.8 Å². The first kappa shape index (κ1) is 14.8. The molecule has 3 nitrogen and oxygen atoms in total. The minimum atomic E-state index is -0.436. The highest BCUT2D eigenvalue weighted by Gasteiger charge is 2.07. The highest BCUT2D eigenvalue weighted by Crippen LogP contribution is 2.08. The van der Waals surface area contributed by atoms with Crippen molar-refractivity contribution in [3.05, 3.63) is 59.5 Å². The molecule has 0 saturated heterocycles. The first-order valence-corrected chi connectivity index (χ1v) is 6.15. The molecule has 2 rings (SSSR count). The summed E-state index contributed by atoms with van der Waals surface area (Å²) in [5.74, 6) is -0.361. The van der Waals surface area contributed by atoms with E-state index < -0.39 is 5.82 Å². The van der Waals surface area contributed by atoms with E-state index in [2.05, 4.69) is 10.3 Å². The second kappa shape index (κ2) is 7.26. The molecule has 1 aromatic carbocycles. The molecule has 1 N–H and O–H groups in total. The molecule has 0 spiro atoms. The molecule has 1 aromatic heterocycles. The van der Waals surface area contributed by atoms with Gasteiger partial charge in [0.25, 0.3) is 5.91 Å². The Morgan fingerprint density at radius 1 is 1.21 bits per heavy atom. The number of amides is 1. The predicted octanol–water partition coefficient (Wildman–Crippen LogP) is 3.81. The fourth-order valence-corrected chi connectivity index (χ4v) is 1.36. The summed E-state index contributed by atoms with van der Waals surface area (Å²) < 4.78 is 12.9. The second-order valence-corrected chi connectivity index (χ2v) is 3.69. The molecule has 0 atom stereocenters. The summed E-state index contributed by atoms with van der Waals surface area (Å²) in [7, 11) is 0. The number of hydrogen-bond acceptors (Lipinski definition) is 2. The Bertz CT molecular complexity index is 538. The van der Waals surface area contributed by atoms with Crippen molar-refractivity contribution in [2.24, 2.45) is 0 Å². The lowest BCUT2D eigenvalue weighted by molar-refractivity contribution is 0.102. The Kier molecular flexibility index (Phi) is 5.67. The van der Waals surface area contributed by atoms with Crippen molar-refractivity contribution < 1.29 is 9.18 Å². The normalized spacial score (nSPS) is 9.26. The van der Waals surface area contributed by atoms with Crippen molar-refractivity contribution >= 4 is 11.7 Å². The van der Waals surface area contributed by atoms with Gasteiger partial charge in [-0.15, -0.1) is 0 Å². The molecule has 0 bridgehead atoms. The average molecular weight is 260 g/mol. The van der Waals surface area contributed by atoms with Gasteiger partial charge in [-0.05, 0) is 36.8 Å². The van der Waals surface area contributed by atoms with Crippen LogP contribution in [0.15, 0.2) is 42.6 Å². The third kappa shape index (κ3) is 4.50. The minimum Gasteiger partial charge on any atom is -0.307 e. The molecule has 0 unspecified atom stereocenters. The van der Waals surface area contributed by atoms with Crippen LogP contribution in [0.1, 0.15) is 29.8 Å². The van der Waals surface area contributed by atoms with Crippen molar-refractivity contribution in [2.75, 3.05) is 5.32 Å². The number of aryl methyl sites for hydroxylation is 1. The van der Waals surface area contributed by atoms with E-state index in [1.807, 2.05) is 26.8 Å². The molecular weight excluding hydrogens is 243 g/mol. The van der Waals surface area contributed by atoms with E-state index >= 15 is 0 Å². The summed E-state index contributed by atoms with van der Waals surface area (Å²) in [5.41, 5.74) is 1.28. The van der Waals surface area contributed by atoms with Crippen LogP contribution in [0.3, 0.4) is 0 Å². The highest BCUT2D eigenvalue weighted by atomic mass is 19.1. The molecule has 1 amide bonds. The van der Waals surface area contributed by atoms with Crippen LogP contribution < -0.4 is 5.32 Å². The Labute approximate surface area is 112 Å². The number of anilines is 1. The SMILES string of the molecule is CC.Cc1ccc(NC(=O)c2cccc(F)c2)nc1. The zero-order chi connectivity index (χ0) is 14.3. The molecule has 0 aliphatic heterocycles. The van der Waals surface area contributed by atoms with E-state index in [1.54, 1.807) is 18.3 Å². The van der Waals surface area contributed by atoms with Gasteiger partial charge in [-0.3, -0.25) is 4.79 Å². The summed E-state index contributed by atoms with van der Waals surface area (Å²) in [6.45, 7) is 5.91. The van der Waals surface area contributed by atoms with Crippen LogP contribution in [-0.4, -0.2) is 10.9 Å². The molecule has 0 saturated carbocycles. The van der Waals surface area contributed by atoms with Gasteiger partial charge in [0.2, 0.25) is 0 Å². The third-order valence-electron chi connectivity index (χ3n) is 2.24. The summed E-state index contributed by atoms with van der Waals surface area (Å²) in [5, 5.41) is 2.60. The standard InChI is InChI=1S/C13H11FN2O.C2H6/c1-9-5-6-12(15-8-9)16-13(17)10-3-2-4-11(14)7-10;1-2/h2-8H,1H3,(H,15,16,17);1-2H3. The molecule has 0 aliphatic carbocycles. The van der Waals surface area contributed by atoms with E-state index in [4.69, 9.17) is 0 Å². The Morgan fingerprint density at radius 3 is 2.53 bits per heavy atom. The molecule has 100 valence electrons. The summed E-state index contributed by atoms with van der Waals surface area (Å²) in [4.78, 5) is 15.8. The van der Waals surface area contributed by atoms with E-state index in [0.29, 0.717) is 5.82 Å². The fourth-order valence-electron chi connectivity index (χ4n) is 1.36. The van der Waals surface area contributed by atoms with Crippen LogP contribution in [0.2, 0.25) is 0 Å². The van der Waals surface area contributed by atoms with Crippen LogP contribution in [0.25, 0.3) is 0 Å². The molecular formula is C15H17FN2O. The smallest absolute Gasteiger partial charge is 0.256 e. The second-order valence-electron chi connectivity index (χ2n) is 3.69. The molecule has 0 aliphatic rings. The quantitative estimate of drug-likeness (QED) is 0.892. The van der Waals surface area contributed by atoms with E-state index in [-0.39, 0.29) is 11.5 Å². The van der Waals surface area contributed by atoms with Gasteiger partial charge in [0.15, 0.2) is 0 Å². The van der Waals surface area contributed by atoms with Gasteiger partial charge in [0.1, 0.15) is 11.6 Å². The fraction of sp³-hybridized carbons (Fsp3) is 0.200. The number of carbonyl (C=O) groups excluding carboxylic acids is 1. The maximum absolute atomic E-state index is 12.9. The van der Waals surface area contributed by atoms with Crippen LogP contribution in [0.4, 0.5) is 10.2 Å². The molecule has 0 radical (unpaired) electrons. The Balaban J connectivity index is 0.000000861. The average Bonchev–Trinajstić information content (AvgIpc) is 2.43. The molecule has 2 aromatic rings. The lowest BCUT2D eigenvalue weighted by atomic mass is 10.2. The number of pyridine rings is 1. The minimum absolute atomic E-state index is 0.271. The van der Waals surface area contributed by atoms with Crippen molar-refractivity contribution in [1.82, 2.24) is 4.98 Å². The Morgan fingerprint density at radius 2 is 1.95 bits per heavy atom. The van der Waals surface area contributed by atoms with Gasteiger partial charge in [0.05, 0.1) is 0 Å². The number of rotatable bonds is 2. The van der Waals surface area contributed by atoms with Gasteiger partial charge in [-0.2, -0.15) is 0 Å². The summed E-state index contributed by atoms with van der Waals surface area (Å²) in [6, 6.07) is 9.06. The van der Waals surface area contributed by atoms with E-state index in [9.17, 15) is 9.18 Å². The van der Waals surface area contributed by atoms with Crippen molar-refractivity contribution in [3.63, 3.8) is 0 Å². The topological polar surface area (TPSA) is 42.0 Å². The predicted molar refractivity (Wildman–Crippen MR) is 74.7 cm³/mol. The molecule has 19 heavy (non-hydrogen) atoms. The number of benzene rings is 1. The Hall–Kier alpha value is -2.23. The zero-order valence-corrected chi connectivity index (χ0v) is 11.3. The third-order valence-corrected chi connectivity index (χ3v) is 2.24. The van der Waals surface area contributed by atoms with Crippen molar-refractivity contribution in [3.8, 4) is 0 Å². The van der Waals surface area contributed by atoms with Crippen LogP contribution >= 0.6 is 0 Å². The van der Waals surface area contributed by atoms with Crippen LogP contribution in [0.5, 0.6) is 0 Å². The lowest BCUT2D eigenvalue weighted by Gasteiger charge is -2.04. The summed E-state index contributed by atoms with van der Waals surface area (Å²) >= 11 is 0. The molecule has 4 heteroatoms. The first-order chi connectivity index (χ1) is 9.15. The number of aromatic nitrogens is 1. The number of nitrogens with zero attached hydrogens (tertiary/aromatic N) is 1. The van der Waals surface area contributed by atoms with Crippen LogP contribution in [0, 0.1) is 12.7 Å². The van der Waals surface area contributed by atoms with Crippen molar-refractivity contribution in [1.29, 1.82) is 0 Å². The van der Waals surface area contributed by atoms with E-state index in [0.717, 1.165) is 5.56 Å². The van der Waals surface area contributed by atoms with Gasteiger partial charge >= 0.3 is 0 Å². The lowest BCUT2D eigenvalue weighted by Crippen LogP contribution is -2.12. The summed E-state index contributed by atoms with van der Waals surface area (Å²) in [6.07, 6.45) is 1.65. The number of hydrogen-bond donors (Lipinski definition) is 1. The maximum atomic E-state index is 12.9. The van der Waals surface area contributed by atoms with E-state index in [1.165, 1.54) is 18.2 Å². The number of carbonyl (C=O) groups is 1. The van der Waals surface area contributed by atoms with Gasteiger partial charge < -0.3 is 5.32 Å². The first-order valence-electron chi connectivity index (χ1n) is 6.15. The molecule has 0 fully saturated rings. The maximum Gasteiger partial charge on any atom is 0.256 e. The van der Waals surface area contributed by atoms with Gasteiger partial charge in [0, 0.05) is 11.8 Å². The van der Waals surface area contributed by atoms with Gasteiger partial charge in [-0.1, -0.05) is 26.0 Å². The monoisotopic (exact) mass is 260 g/mol. The van der Waals surface area contributed by atoms with Crippen LogP contribution in [-0.2, 0) is 0 Å².